The zero-order valence-corrected chi connectivity index (χ0v) is 13.1. The predicted molar refractivity (Wildman–Crippen MR) is 84.8 cm³/mol. The fourth-order valence-corrected chi connectivity index (χ4v) is 4.05. The van der Waals surface area contributed by atoms with Crippen LogP contribution in [0.4, 0.5) is 0 Å². The minimum atomic E-state index is 0.230. The van der Waals surface area contributed by atoms with Gasteiger partial charge >= 0.3 is 0 Å². The number of nitrogens with one attached hydrogen (secondary N) is 1. The van der Waals surface area contributed by atoms with Crippen molar-refractivity contribution in [1.82, 2.24) is 10.2 Å². The van der Waals surface area contributed by atoms with E-state index in [-0.39, 0.29) is 5.91 Å². The second-order valence-electron chi connectivity index (χ2n) is 7.09. The number of piperidine rings is 2. The first kappa shape index (κ1) is 14.1. The molecule has 0 atom stereocenters. The van der Waals surface area contributed by atoms with Gasteiger partial charge in [0.15, 0.2) is 0 Å². The molecule has 0 unspecified atom stereocenters. The summed E-state index contributed by atoms with van der Waals surface area (Å²) in [5, 5.41) is 3.06. The van der Waals surface area contributed by atoms with Gasteiger partial charge in [-0.1, -0.05) is 12.1 Å². The molecule has 3 aliphatic heterocycles. The molecule has 0 bridgehead atoms. The van der Waals surface area contributed by atoms with Crippen molar-refractivity contribution >= 4 is 5.91 Å². The molecule has 1 aromatic carbocycles. The van der Waals surface area contributed by atoms with Crippen LogP contribution < -0.4 is 10.1 Å². The number of likely N-dealkylation sites (tertiary alicyclic amines) is 1. The van der Waals surface area contributed by atoms with E-state index in [0.717, 1.165) is 51.4 Å². The van der Waals surface area contributed by atoms with E-state index in [1.54, 1.807) is 0 Å². The summed E-state index contributed by atoms with van der Waals surface area (Å²) in [5.74, 6) is 1.30. The Kier molecular flexibility index (Phi) is 3.57. The van der Waals surface area contributed by atoms with Crippen molar-refractivity contribution in [3.05, 3.63) is 29.3 Å². The fraction of sp³-hybridized carbons (Fsp3) is 0.611. The van der Waals surface area contributed by atoms with Gasteiger partial charge in [0.25, 0.3) is 0 Å². The number of carbonyl (C=O) groups excluding carboxylic acids is 1. The monoisotopic (exact) mass is 300 g/mol. The first-order valence-corrected chi connectivity index (χ1v) is 8.46. The number of nitrogens with zero attached hydrogens (tertiary/aromatic N) is 1. The number of ether oxygens (including phenoxy) is 1. The Balaban J connectivity index is 1.35. The minimum Gasteiger partial charge on any atom is -0.493 e. The maximum atomic E-state index is 11.4. The second kappa shape index (κ2) is 5.58. The van der Waals surface area contributed by atoms with Crippen LogP contribution in [0.3, 0.4) is 0 Å². The van der Waals surface area contributed by atoms with Gasteiger partial charge in [-0.15, -0.1) is 0 Å². The van der Waals surface area contributed by atoms with Gasteiger partial charge < -0.3 is 10.1 Å². The van der Waals surface area contributed by atoms with Gasteiger partial charge in [0.05, 0.1) is 6.61 Å². The van der Waals surface area contributed by atoms with Crippen LogP contribution in [0.15, 0.2) is 18.2 Å². The molecule has 118 valence electrons. The van der Waals surface area contributed by atoms with Crippen LogP contribution in [0.5, 0.6) is 5.75 Å². The van der Waals surface area contributed by atoms with E-state index < -0.39 is 0 Å². The van der Waals surface area contributed by atoms with E-state index in [2.05, 4.69) is 28.4 Å². The van der Waals surface area contributed by atoms with Crippen LogP contribution in [-0.2, 0) is 17.8 Å². The number of benzene rings is 1. The van der Waals surface area contributed by atoms with E-state index in [0.29, 0.717) is 11.8 Å². The third-order valence-electron chi connectivity index (χ3n) is 5.62. The molecule has 1 aromatic rings. The number of rotatable bonds is 2. The van der Waals surface area contributed by atoms with Crippen LogP contribution in [0.25, 0.3) is 0 Å². The van der Waals surface area contributed by atoms with E-state index in [1.165, 1.54) is 24.0 Å². The summed E-state index contributed by atoms with van der Waals surface area (Å²) in [5.41, 5.74) is 3.13. The van der Waals surface area contributed by atoms with Gasteiger partial charge in [-0.25, -0.2) is 0 Å². The maximum absolute atomic E-state index is 11.4. The molecule has 4 heteroatoms. The summed E-state index contributed by atoms with van der Waals surface area (Å²) in [6.45, 7) is 5.04. The average Bonchev–Trinajstić information content (AvgIpc) is 3.00. The second-order valence-corrected chi connectivity index (χ2v) is 7.09. The normalized spacial score (nSPS) is 23.9. The number of carbonyl (C=O) groups is 1. The van der Waals surface area contributed by atoms with Gasteiger partial charge in [-0.3, -0.25) is 9.69 Å². The van der Waals surface area contributed by atoms with E-state index in [9.17, 15) is 4.79 Å². The summed E-state index contributed by atoms with van der Waals surface area (Å²) < 4.78 is 5.58. The largest absolute Gasteiger partial charge is 0.493 e. The Morgan fingerprint density at radius 2 is 2.05 bits per heavy atom. The molecule has 1 amide bonds. The molecule has 22 heavy (non-hydrogen) atoms. The molecule has 2 fully saturated rings. The molecule has 3 aliphatic rings. The molecule has 0 aliphatic carbocycles. The van der Waals surface area contributed by atoms with Gasteiger partial charge in [-0.05, 0) is 55.0 Å². The Bertz CT molecular complexity index is 564. The van der Waals surface area contributed by atoms with Crippen LogP contribution in [0, 0.1) is 5.41 Å². The number of amides is 1. The van der Waals surface area contributed by atoms with Crippen molar-refractivity contribution in [1.29, 1.82) is 0 Å². The third kappa shape index (κ3) is 2.72. The molecule has 3 heterocycles. The predicted octanol–water partition coefficient (Wildman–Crippen LogP) is 2.11. The highest BCUT2D eigenvalue weighted by atomic mass is 16.5. The summed E-state index contributed by atoms with van der Waals surface area (Å²) in [4.78, 5) is 13.9. The SMILES string of the molecule is O=C1CCC2(CCN(Cc3ccc4c(c3)CCO4)CC2)CN1. The van der Waals surface area contributed by atoms with Crippen LogP contribution in [0.2, 0.25) is 0 Å². The Morgan fingerprint density at radius 3 is 2.82 bits per heavy atom. The number of hydrogen-bond donors (Lipinski definition) is 1. The summed E-state index contributed by atoms with van der Waals surface area (Å²) >= 11 is 0. The highest BCUT2D eigenvalue weighted by Crippen LogP contribution is 2.38. The molecule has 2 saturated heterocycles. The molecule has 4 rings (SSSR count). The quantitative estimate of drug-likeness (QED) is 0.909. The smallest absolute Gasteiger partial charge is 0.220 e. The van der Waals surface area contributed by atoms with E-state index >= 15 is 0 Å². The zero-order chi connectivity index (χ0) is 15.0. The molecule has 0 aromatic heterocycles. The van der Waals surface area contributed by atoms with Gasteiger partial charge in [0.1, 0.15) is 5.75 Å². The van der Waals surface area contributed by atoms with Crippen molar-refractivity contribution in [2.45, 2.75) is 38.6 Å². The summed E-state index contributed by atoms with van der Waals surface area (Å²) in [6, 6.07) is 6.64. The summed E-state index contributed by atoms with van der Waals surface area (Å²) in [7, 11) is 0. The topological polar surface area (TPSA) is 41.6 Å². The highest BCUT2D eigenvalue weighted by molar-refractivity contribution is 5.76. The standard InChI is InChI=1S/C18H24N2O2/c21-17-3-5-18(13-19-17)6-8-20(9-7-18)12-14-1-2-16-15(11-14)4-10-22-16/h1-2,11H,3-10,12-13H2,(H,19,21). The first-order chi connectivity index (χ1) is 10.7. The van der Waals surface area contributed by atoms with Crippen LogP contribution in [0.1, 0.15) is 36.8 Å². The lowest BCUT2D eigenvalue weighted by atomic mass is 9.73. The van der Waals surface area contributed by atoms with Gasteiger partial charge in [-0.2, -0.15) is 0 Å². The van der Waals surface area contributed by atoms with Crippen molar-refractivity contribution in [3.8, 4) is 5.75 Å². The lowest BCUT2D eigenvalue weighted by Crippen LogP contribution is -2.49. The molecule has 0 radical (unpaired) electrons. The minimum absolute atomic E-state index is 0.230. The average molecular weight is 300 g/mol. The van der Waals surface area contributed by atoms with Crippen molar-refractivity contribution in [3.63, 3.8) is 0 Å². The van der Waals surface area contributed by atoms with Gasteiger partial charge in [0.2, 0.25) is 5.91 Å². The van der Waals surface area contributed by atoms with E-state index in [4.69, 9.17) is 4.74 Å². The molecule has 1 N–H and O–H groups in total. The molecule has 0 saturated carbocycles. The highest BCUT2D eigenvalue weighted by Gasteiger charge is 2.37. The zero-order valence-electron chi connectivity index (χ0n) is 13.1. The van der Waals surface area contributed by atoms with Crippen molar-refractivity contribution < 1.29 is 9.53 Å². The third-order valence-corrected chi connectivity index (χ3v) is 5.62. The lowest BCUT2D eigenvalue weighted by molar-refractivity contribution is -0.125. The number of fused-ring (bicyclic) bond motifs is 1. The van der Waals surface area contributed by atoms with Crippen molar-refractivity contribution in [2.75, 3.05) is 26.2 Å². The Labute approximate surface area is 131 Å². The molecular weight excluding hydrogens is 276 g/mol. The Hall–Kier alpha value is -1.55. The maximum Gasteiger partial charge on any atom is 0.220 e. The first-order valence-electron chi connectivity index (χ1n) is 8.46. The summed E-state index contributed by atoms with van der Waals surface area (Å²) in [6.07, 6.45) is 5.25. The molecule has 1 spiro atoms. The van der Waals surface area contributed by atoms with Crippen molar-refractivity contribution in [2.24, 2.45) is 5.41 Å². The molecular formula is C18H24N2O2. The Morgan fingerprint density at radius 1 is 1.18 bits per heavy atom. The lowest BCUT2D eigenvalue weighted by Gasteiger charge is -2.44. The van der Waals surface area contributed by atoms with Crippen LogP contribution >= 0.6 is 0 Å². The van der Waals surface area contributed by atoms with Crippen LogP contribution in [-0.4, -0.2) is 37.0 Å². The fourth-order valence-electron chi connectivity index (χ4n) is 4.05. The van der Waals surface area contributed by atoms with E-state index in [1.807, 2.05) is 0 Å². The number of hydrogen-bond acceptors (Lipinski definition) is 3. The molecule has 4 nitrogen and oxygen atoms in total. The van der Waals surface area contributed by atoms with Gasteiger partial charge in [0, 0.05) is 25.9 Å².